The second-order valence-electron chi connectivity index (χ2n) is 3.70. The Labute approximate surface area is 107 Å². The van der Waals surface area contributed by atoms with Gasteiger partial charge in [-0.2, -0.15) is 0 Å². The molecule has 0 aliphatic rings. The number of rotatable bonds is 3. The van der Waals surface area contributed by atoms with Crippen molar-refractivity contribution in [3.8, 4) is 5.75 Å². The summed E-state index contributed by atoms with van der Waals surface area (Å²) in [6, 6.07) is 7.02. The predicted molar refractivity (Wildman–Crippen MR) is 65.1 cm³/mol. The van der Waals surface area contributed by atoms with Crippen LogP contribution >= 0.6 is 0 Å². The van der Waals surface area contributed by atoms with Crippen LogP contribution in [-0.2, 0) is 0 Å². The van der Waals surface area contributed by atoms with Gasteiger partial charge in [-0.25, -0.2) is 0 Å². The first-order valence-corrected chi connectivity index (χ1v) is 5.26. The number of hydrogen-bond acceptors (Lipinski definition) is 4. The summed E-state index contributed by atoms with van der Waals surface area (Å²) in [6.45, 7) is 0. The second kappa shape index (κ2) is 5.05. The third-order valence-electron chi connectivity index (χ3n) is 2.14. The van der Waals surface area contributed by atoms with Gasteiger partial charge in [-0.1, -0.05) is 0 Å². The average Bonchev–Trinajstić information content (AvgIpc) is 2.30. The topological polar surface area (TPSA) is 60.2 Å². The monoisotopic (exact) mass is 269 g/mol. The Morgan fingerprint density at radius 2 is 1.74 bits per heavy atom. The second-order valence-corrected chi connectivity index (χ2v) is 3.70. The molecule has 4 nitrogen and oxygen atoms in total. The zero-order valence-corrected chi connectivity index (χ0v) is 9.61. The minimum Gasteiger partial charge on any atom is -0.406 e. The minimum absolute atomic E-state index is 0.274. The number of benzene rings is 1. The Kier molecular flexibility index (Phi) is 3.46. The lowest BCUT2D eigenvalue weighted by Crippen LogP contribution is -2.16. The number of nitrogens with zero attached hydrogens (tertiary/aromatic N) is 1. The molecule has 0 saturated carbocycles. The number of alkyl halides is 3. The van der Waals surface area contributed by atoms with E-state index in [4.69, 9.17) is 5.73 Å². The van der Waals surface area contributed by atoms with Crippen LogP contribution in [0, 0.1) is 0 Å². The maximum absolute atomic E-state index is 12.0. The summed E-state index contributed by atoms with van der Waals surface area (Å²) < 4.78 is 39.7. The molecule has 0 bridgehead atoms. The molecule has 0 atom stereocenters. The van der Waals surface area contributed by atoms with Gasteiger partial charge in [-0.15, -0.1) is 13.2 Å². The zero-order chi connectivity index (χ0) is 13.9. The van der Waals surface area contributed by atoms with Crippen molar-refractivity contribution in [2.75, 3.05) is 11.1 Å². The summed E-state index contributed by atoms with van der Waals surface area (Å²) in [6.07, 6.45) is -1.64. The SMILES string of the molecule is Nc1cncc(Nc2ccc(OC(F)(F)F)cc2)c1. The molecular weight excluding hydrogens is 259 g/mol. The molecule has 0 spiro atoms. The molecule has 19 heavy (non-hydrogen) atoms. The first-order chi connectivity index (χ1) is 8.92. The van der Waals surface area contributed by atoms with Crippen LogP contribution in [0.5, 0.6) is 5.75 Å². The smallest absolute Gasteiger partial charge is 0.406 e. The van der Waals surface area contributed by atoms with Gasteiger partial charge in [0.15, 0.2) is 0 Å². The van der Waals surface area contributed by atoms with Gasteiger partial charge in [0.1, 0.15) is 5.75 Å². The Morgan fingerprint density at radius 1 is 1.05 bits per heavy atom. The van der Waals surface area contributed by atoms with E-state index in [2.05, 4.69) is 15.0 Å². The van der Waals surface area contributed by atoms with Crippen LogP contribution in [0.1, 0.15) is 0 Å². The molecule has 0 saturated heterocycles. The number of nitrogens with two attached hydrogens (primary N) is 1. The summed E-state index contributed by atoms with van der Waals surface area (Å²) in [5.41, 5.74) is 7.29. The number of ether oxygens (including phenoxy) is 1. The van der Waals surface area contributed by atoms with Gasteiger partial charge in [0, 0.05) is 11.9 Å². The molecule has 0 unspecified atom stereocenters. The molecule has 0 fully saturated rings. The summed E-state index contributed by atoms with van der Waals surface area (Å²) in [7, 11) is 0. The number of halogens is 3. The fourth-order valence-corrected chi connectivity index (χ4v) is 1.43. The van der Waals surface area contributed by atoms with Crippen molar-refractivity contribution in [3.05, 3.63) is 42.7 Å². The zero-order valence-electron chi connectivity index (χ0n) is 9.61. The molecule has 2 aromatic rings. The van der Waals surface area contributed by atoms with Crippen molar-refractivity contribution >= 4 is 17.1 Å². The van der Waals surface area contributed by atoms with Crippen molar-refractivity contribution in [2.24, 2.45) is 0 Å². The normalized spacial score (nSPS) is 11.1. The predicted octanol–water partition coefficient (Wildman–Crippen LogP) is 3.31. The molecule has 100 valence electrons. The molecule has 2 rings (SSSR count). The maximum atomic E-state index is 12.0. The molecule has 3 N–H and O–H groups in total. The summed E-state index contributed by atoms with van der Waals surface area (Å²) in [4.78, 5) is 3.89. The van der Waals surface area contributed by atoms with Crippen LogP contribution in [-0.4, -0.2) is 11.3 Å². The van der Waals surface area contributed by atoms with E-state index in [0.717, 1.165) is 0 Å². The van der Waals surface area contributed by atoms with Crippen LogP contribution in [0.4, 0.5) is 30.2 Å². The first-order valence-electron chi connectivity index (χ1n) is 5.26. The van der Waals surface area contributed by atoms with Crippen molar-refractivity contribution in [1.29, 1.82) is 0 Å². The number of nitrogen functional groups attached to an aromatic ring is 1. The molecule has 0 aliphatic carbocycles. The third kappa shape index (κ3) is 4.06. The molecule has 1 aromatic carbocycles. The van der Waals surface area contributed by atoms with E-state index < -0.39 is 6.36 Å². The molecule has 1 heterocycles. The highest BCUT2D eigenvalue weighted by Crippen LogP contribution is 2.25. The Hall–Kier alpha value is -2.44. The molecule has 0 amide bonds. The maximum Gasteiger partial charge on any atom is 0.573 e. The fraction of sp³-hybridized carbons (Fsp3) is 0.0833. The van der Waals surface area contributed by atoms with E-state index in [1.54, 1.807) is 12.3 Å². The summed E-state index contributed by atoms with van der Waals surface area (Å²) >= 11 is 0. The highest BCUT2D eigenvalue weighted by molar-refractivity contribution is 5.62. The van der Waals surface area contributed by atoms with E-state index in [1.165, 1.54) is 30.5 Å². The molecule has 1 aromatic heterocycles. The van der Waals surface area contributed by atoms with Gasteiger partial charge in [-0.05, 0) is 30.3 Å². The third-order valence-corrected chi connectivity index (χ3v) is 2.14. The highest BCUT2D eigenvalue weighted by Gasteiger charge is 2.30. The van der Waals surface area contributed by atoms with Gasteiger partial charge in [-0.3, -0.25) is 4.98 Å². The van der Waals surface area contributed by atoms with E-state index >= 15 is 0 Å². The molecule has 0 aliphatic heterocycles. The van der Waals surface area contributed by atoms with Gasteiger partial charge >= 0.3 is 6.36 Å². The Bertz CT molecular complexity index is 555. The van der Waals surface area contributed by atoms with Gasteiger partial charge in [0.25, 0.3) is 0 Å². The van der Waals surface area contributed by atoms with E-state index in [-0.39, 0.29) is 5.75 Å². The lowest BCUT2D eigenvalue weighted by atomic mass is 10.3. The van der Waals surface area contributed by atoms with Crippen LogP contribution in [0.25, 0.3) is 0 Å². The fourth-order valence-electron chi connectivity index (χ4n) is 1.43. The molecular formula is C12H10F3N3O. The van der Waals surface area contributed by atoms with Crippen molar-refractivity contribution in [2.45, 2.75) is 6.36 Å². The number of anilines is 3. The van der Waals surface area contributed by atoms with E-state index in [0.29, 0.717) is 17.1 Å². The van der Waals surface area contributed by atoms with Gasteiger partial charge in [0.05, 0.1) is 17.6 Å². The molecule has 7 heteroatoms. The molecule has 0 radical (unpaired) electrons. The van der Waals surface area contributed by atoms with Crippen LogP contribution in [0.15, 0.2) is 42.7 Å². The summed E-state index contributed by atoms with van der Waals surface area (Å²) in [5.74, 6) is -0.274. The first kappa shape index (κ1) is 13.0. The van der Waals surface area contributed by atoms with Crippen LogP contribution in [0.3, 0.4) is 0 Å². The standard InChI is InChI=1S/C12H10F3N3O/c13-12(14,15)19-11-3-1-9(2-4-11)18-10-5-8(16)6-17-7-10/h1-7,18H,16H2. The van der Waals surface area contributed by atoms with Crippen LogP contribution in [0.2, 0.25) is 0 Å². The Balaban J connectivity index is 2.07. The number of aromatic nitrogens is 1. The van der Waals surface area contributed by atoms with Crippen molar-refractivity contribution < 1.29 is 17.9 Å². The van der Waals surface area contributed by atoms with E-state index in [1.807, 2.05) is 0 Å². The van der Waals surface area contributed by atoms with Gasteiger partial charge in [0.2, 0.25) is 0 Å². The van der Waals surface area contributed by atoms with Gasteiger partial charge < -0.3 is 15.8 Å². The van der Waals surface area contributed by atoms with Crippen molar-refractivity contribution in [1.82, 2.24) is 4.98 Å². The summed E-state index contributed by atoms with van der Waals surface area (Å²) in [5, 5.41) is 2.96. The van der Waals surface area contributed by atoms with Crippen molar-refractivity contribution in [3.63, 3.8) is 0 Å². The minimum atomic E-state index is -4.69. The lowest BCUT2D eigenvalue weighted by molar-refractivity contribution is -0.274. The number of nitrogens with one attached hydrogen (secondary N) is 1. The highest BCUT2D eigenvalue weighted by atomic mass is 19.4. The average molecular weight is 269 g/mol. The number of pyridine rings is 1. The number of hydrogen-bond donors (Lipinski definition) is 2. The lowest BCUT2D eigenvalue weighted by Gasteiger charge is -2.10. The quantitative estimate of drug-likeness (QED) is 0.897. The van der Waals surface area contributed by atoms with Crippen LogP contribution < -0.4 is 15.8 Å². The Morgan fingerprint density at radius 3 is 2.32 bits per heavy atom. The van der Waals surface area contributed by atoms with E-state index in [9.17, 15) is 13.2 Å². The largest absolute Gasteiger partial charge is 0.573 e.